The lowest BCUT2D eigenvalue weighted by atomic mass is 10.1. The third-order valence-electron chi connectivity index (χ3n) is 6.19. The second-order valence-electron chi connectivity index (χ2n) is 8.52. The second kappa shape index (κ2) is 11.0. The first-order valence-electron chi connectivity index (χ1n) is 11.3. The highest BCUT2D eigenvalue weighted by atomic mass is 16.5. The molecule has 2 aromatic rings. The molecule has 0 bridgehead atoms. The minimum absolute atomic E-state index is 0.0838. The predicted molar refractivity (Wildman–Crippen MR) is 123 cm³/mol. The maximum atomic E-state index is 13.1. The van der Waals surface area contributed by atoms with Crippen LogP contribution in [0.15, 0.2) is 48.5 Å². The van der Waals surface area contributed by atoms with Crippen molar-refractivity contribution in [2.75, 3.05) is 13.2 Å². The molecule has 5 heteroatoms. The minimum atomic E-state index is -0.542. The molecule has 5 nitrogen and oxygen atoms in total. The summed E-state index contributed by atoms with van der Waals surface area (Å²) in [4.78, 5) is 27.6. The highest BCUT2D eigenvalue weighted by molar-refractivity contribution is 5.88. The van der Waals surface area contributed by atoms with Crippen molar-refractivity contribution >= 4 is 11.8 Å². The number of nitrogens with zero attached hydrogens (tertiary/aromatic N) is 1. The molecule has 0 spiro atoms. The van der Waals surface area contributed by atoms with Gasteiger partial charge in [0, 0.05) is 12.6 Å². The third-order valence-corrected chi connectivity index (χ3v) is 6.19. The van der Waals surface area contributed by atoms with E-state index in [9.17, 15) is 9.59 Å². The van der Waals surface area contributed by atoms with Gasteiger partial charge in [0.2, 0.25) is 5.91 Å². The lowest BCUT2D eigenvalue weighted by molar-refractivity contribution is -0.141. The summed E-state index contributed by atoms with van der Waals surface area (Å²) in [6, 6.07) is 15.5. The summed E-state index contributed by atoms with van der Waals surface area (Å²) < 4.78 is 5.78. The largest absolute Gasteiger partial charge is 0.484 e. The number of carbonyl (C=O) groups is 2. The van der Waals surface area contributed by atoms with Crippen LogP contribution >= 0.6 is 0 Å². The van der Waals surface area contributed by atoms with Gasteiger partial charge in [0.05, 0.1) is 0 Å². The van der Waals surface area contributed by atoms with Gasteiger partial charge < -0.3 is 15.0 Å². The van der Waals surface area contributed by atoms with Gasteiger partial charge in [-0.05, 0) is 68.9 Å². The SMILES string of the molecule is Cc1ccc(OCC(=O)N(CCc2ccccc2)C(C)C(=O)NC2CCCC2)cc1C. The average Bonchev–Trinajstić information content (AvgIpc) is 3.28. The van der Waals surface area contributed by atoms with Crippen LogP contribution in [0.5, 0.6) is 5.75 Å². The van der Waals surface area contributed by atoms with Crippen molar-refractivity contribution in [2.45, 2.75) is 65.0 Å². The Hall–Kier alpha value is -2.82. The van der Waals surface area contributed by atoms with Crippen LogP contribution in [-0.4, -0.2) is 41.9 Å². The van der Waals surface area contributed by atoms with Crippen molar-refractivity contribution in [3.05, 3.63) is 65.2 Å². The monoisotopic (exact) mass is 422 g/mol. The van der Waals surface area contributed by atoms with Gasteiger partial charge >= 0.3 is 0 Å². The summed E-state index contributed by atoms with van der Waals surface area (Å²) in [6.07, 6.45) is 5.04. The molecule has 1 fully saturated rings. The molecular formula is C26H34N2O3. The standard InChI is InChI=1S/C26H34N2O3/c1-19-13-14-24(17-20(19)2)31-18-25(29)28(16-15-22-9-5-4-6-10-22)21(3)26(30)27-23-11-7-8-12-23/h4-6,9-10,13-14,17,21,23H,7-8,11-12,15-16,18H2,1-3H3,(H,27,30). The Morgan fingerprint density at radius 1 is 1.06 bits per heavy atom. The molecule has 1 aliphatic carbocycles. The number of hydrogen-bond donors (Lipinski definition) is 1. The van der Waals surface area contributed by atoms with E-state index in [2.05, 4.69) is 5.32 Å². The molecule has 0 aromatic heterocycles. The first kappa shape index (κ1) is 22.9. The van der Waals surface area contributed by atoms with E-state index in [1.165, 1.54) is 5.56 Å². The molecule has 1 unspecified atom stereocenters. The fourth-order valence-corrected chi connectivity index (χ4v) is 3.99. The Labute approximate surface area is 185 Å². The zero-order valence-electron chi connectivity index (χ0n) is 18.9. The number of aryl methyl sites for hydroxylation is 2. The van der Waals surface area contributed by atoms with Crippen molar-refractivity contribution in [1.29, 1.82) is 0 Å². The van der Waals surface area contributed by atoms with Crippen molar-refractivity contribution < 1.29 is 14.3 Å². The van der Waals surface area contributed by atoms with Gasteiger partial charge in [-0.15, -0.1) is 0 Å². The van der Waals surface area contributed by atoms with Gasteiger partial charge in [-0.2, -0.15) is 0 Å². The fraction of sp³-hybridized carbons (Fsp3) is 0.462. The van der Waals surface area contributed by atoms with E-state index in [0.29, 0.717) is 18.7 Å². The number of benzene rings is 2. The molecule has 0 saturated heterocycles. The minimum Gasteiger partial charge on any atom is -0.484 e. The third kappa shape index (κ3) is 6.58. The van der Waals surface area contributed by atoms with Crippen LogP contribution in [0.1, 0.15) is 49.3 Å². The number of carbonyl (C=O) groups excluding carboxylic acids is 2. The lowest BCUT2D eigenvalue weighted by Gasteiger charge is -2.29. The first-order chi connectivity index (χ1) is 14.9. The van der Waals surface area contributed by atoms with E-state index in [4.69, 9.17) is 4.74 Å². The summed E-state index contributed by atoms with van der Waals surface area (Å²) in [5.41, 5.74) is 3.44. The lowest BCUT2D eigenvalue weighted by Crippen LogP contribution is -2.51. The Bertz CT molecular complexity index is 875. The van der Waals surface area contributed by atoms with E-state index < -0.39 is 6.04 Å². The van der Waals surface area contributed by atoms with Crippen LogP contribution in [0.3, 0.4) is 0 Å². The van der Waals surface area contributed by atoms with Gasteiger partial charge in [0.15, 0.2) is 6.61 Å². The molecule has 0 aliphatic heterocycles. The molecule has 2 amide bonds. The Morgan fingerprint density at radius 2 is 1.77 bits per heavy atom. The van der Waals surface area contributed by atoms with Gasteiger partial charge in [-0.1, -0.05) is 49.2 Å². The predicted octanol–water partition coefficient (Wildman–Crippen LogP) is 4.20. The average molecular weight is 423 g/mol. The van der Waals surface area contributed by atoms with Gasteiger partial charge in [-0.3, -0.25) is 9.59 Å². The summed E-state index contributed by atoms with van der Waals surface area (Å²) >= 11 is 0. The summed E-state index contributed by atoms with van der Waals surface area (Å²) in [5.74, 6) is 0.408. The van der Waals surface area contributed by atoms with Crippen LogP contribution in [-0.2, 0) is 16.0 Å². The quantitative estimate of drug-likeness (QED) is 0.659. The molecule has 2 aromatic carbocycles. The van der Waals surface area contributed by atoms with Crippen LogP contribution in [0.2, 0.25) is 0 Å². The van der Waals surface area contributed by atoms with Crippen LogP contribution in [0, 0.1) is 13.8 Å². The molecule has 31 heavy (non-hydrogen) atoms. The van der Waals surface area contributed by atoms with Crippen LogP contribution < -0.4 is 10.1 Å². The first-order valence-corrected chi connectivity index (χ1v) is 11.3. The molecular weight excluding hydrogens is 388 g/mol. The molecule has 0 radical (unpaired) electrons. The van der Waals surface area contributed by atoms with Gasteiger partial charge in [0.25, 0.3) is 5.91 Å². The number of ether oxygens (including phenoxy) is 1. The molecule has 1 N–H and O–H groups in total. The number of amides is 2. The Kier molecular flexibility index (Phi) is 8.10. The fourth-order valence-electron chi connectivity index (χ4n) is 3.99. The zero-order valence-corrected chi connectivity index (χ0v) is 18.9. The van der Waals surface area contributed by atoms with E-state index >= 15 is 0 Å². The smallest absolute Gasteiger partial charge is 0.261 e. The van der Waals surface area contributed by atoms with E-state index in [1.807, 2.05) is 69.3 Å². The van der Waals surface area contributed by atoms with E-state index in [-0.39, 0.29) is 24.5 Å². The van der Waals surface area contributed by atoms with Gasteiger partial charge in [-0.25, -0.2) is 0 Å². The van der Waals surface area contributed by atoms with Crippen molar-refractivity contribution in [2.24, 2.45) is 0 Å². The van der Waals surface area contributed by atoms with Crippen molar-refractivity contribution in [3.63, 3.8) is 0 Å². The Balaban J connectivity index is 1.65. The molecule has 1 saturated carbocycles. The molecule has 1 atom stereocenters. The zero-order chi connectivity index (χ0) is 22.2. The normalized spacial score (nSPS) is 14.8. The number of rotatable bonds is 9. The Morgan fingerprint density at radius 3 is 2.45 bits per heavy atom. The molecule has 0 heterocycles. The summed E-state index contributed by atoms with van der Waals surface area (Å²) in [5, 5.41) is 3.13. The van der Waals surface area contributed by atoms with Gasteiger partial charge in [0.1, 0.15) is 11.8 Å². The molecule has 166 valence electrons. The summed E-state index contributed by atoms with van der Waals surface area (Å²) in [6.45, 7) is 6.26. The second-order valence-corrected chi connectivity index (χ2v) is 8.52. The topological polar surface area (TPSA) is 58.6 Å². The van der Waals surface area contributed by atoms with E-state index in [1.54, 1.807) is 4.90 Å². The highest BCUT2D eigenvalue weighted by Gasteiger charge is 2.28. The summed E-state index contributed by atoms with van der Waals surface area (Å²) in [7, 11) is 0. The maximum absolute atomic E-state index is 13.1. The maximum Gasteiger partial charge on any atom is 0.261 e. The number of nitrogens with one attached hydrogen (secondary N) is 1. The van der Waals surface area contributed by atoms with Crippen molar-refractivity contribution in [3.8, 4) is 5.75 Å². The van der Waals surface area contributed by atoms with Crippen molar-refractivity contribution in [1.82, 2.24) is 10.2 Å². The number of hydrogen-bond acceptors (Lipinski definition) is 3. The van der Waals surface area contributed by atoms with E-state index in [0.717, 1.165) is 36.8 Å². The molecule has 3 rings (SSSR count). The van der Waals surface area contributed by atoms with Crippen LogP contribution in [0.25, 0.3) is 0 Å². The van der Waals surface area contributed by atoms with Crippen LogP contribution in [0.4, 0.5) is 0 Å². The molecule has 1 aliphatic rings. The highest BCUT2D eigenvalue weighted by Crippen LogP contribution is 2.19.